The molecule has 0 aliphatic carbocycles. The number of hydrogen-bond acceptors (Lipinski definition) is 5. The lowest BCUT2D eigenvalue weighted by molar-refractivity contribution is -0.139. The molecule has 37 heavy (non-hydrogen) atoms. The third-order valence-electron chi connectivity index (χ3n) is 6.77. The van der Waals surface area contributed by atoms with E-state index in [2.05, 4.69) is 42.0 Å². The Morgan fingerprint density at radius 1 is 1.19 bits per heavy atom. The predicted octanol–water partition coefficient (Wildman–Crippen LogP) is 5.70. The molecule has 1 saturated heterocycles. The Balaban J connectivity index is 1.68. The molecule has 11 heteroatoms. The number of fused-ring (bicyclic) bond motifs is 1. The molecule has 0 bridgehead atoms. The SMILES string of the molecule is CN1CCC(Nc2cccc3c2cc(-c2cc(C=O)n(COCC[Si](C)(C)C)n2)n3CC(F)(F)F)CC1. The number of carbonyl (C=O) groups is 1. The second-order valence-electron chi connectivity index (χ2n) is 11.1. The summed E-state index contributed by atoms with van der Waals surface area (Å²) in [5.74, 6) is 0. The molecule has 0 unspecified atom stereocenters. The van der Waals surface area contributed by atoms with Crippen LogP contribution in [-0.4, -0.2) is 72.6 Å². The highest BCUT2D eigenvalue weighted by atomic mass is 28.3. The van der Waals surface area contributed by atoms with Gasteiger partial charge in [0.1, 0.15) is 24.7 Å². The van der Waals surface area contributed by atoms with Gasteiger partial charge < -0.3 is 19.5 Å². The molecule has 0 spiro atoms. The van der Waals surface area contributed by atoms with Gasteiger partial charge in [-0.3, -0.25) is 4.79 Å². The summed E-state index contributed by atoms with van der Waals surface area (Å²) in [5, 5.41) is 8.74. The molecule has 2 aromatic heterocycles. The summed E-state index contributed by atoms with van der Waals surface area (Å²) in [6.45, 7) is 8.14. The molecule has 3 aromatic rings. The van der Waals surface area contributed by atoms with Crippen LogP contribution in [0.25, 0.3) is 22.3 Å². The number of carbonyl (C=O) groups excluding carboxylic acids is 1. The van der Waals surface area contributed by atoms with E-state index in [0.29, 0.717) is 35.2 Å². The van der Waals surface area contributed by atoms with E-state index in [1.54, 1.807) is 18.2 Å². The highest BCUT2D eigenvalue weighted by molar-refractivity contribution is 6.76. The molecule has 7 nitrogen and oxygen atoms in total. The van der Waals surface area contributed by atoms with Gasteiger partial charge in [0.2, 0.25) is 0 Å². The van der Waals surface area contributed by atoms with Crippen molar-refractivity contribution in [1.29, 1.82) is 0 Å². The molecule has 4 rings (SSSR count). The van der Waals surface area contributed by atoms with Crippen LogP contribution in [0.2, 0.25) is 25.7 Å². The number of aromatic nitrogens is 3. The number of alkyl halides is 3. The average molecular weight is 536 g/mol. The first kappa shape index (κ1) is 27.4. The van der Waals surface area contributed by atoms with Crippen LogP contribution in [0.1, 0.15) is 23.3 Å². The minimum Gasteiger partial charge on any atom is -0.382 e. The fourth-order valence-electron chi connectivity index (χ4n) is 4.63. The molecule has 1 N–H and O–H groups in total. The molecule has 0 amide bonds. The van der Waals surface area contributed by atoms with Gasteiger partial charge >= 0.3 is 6.18 Å². The van der Waals surface area contributed by atoms with Crippen molar-refractivity contribution < 1.29 is 22.7 Å². The van der Waals surface area contributed by atoms with Gasteiger partial charge in [0.05, 0.1) is 11.2 Å². The Morgan fingerprint density at radius 2 is 1.92 bits per heavy atom. The van der Waals surface area contributed by atoms with Crippen LogP contribution < -0.4 is 5.32 Å². The van der Waals surface area contributed by atoms with Gasteiger partial charge in [-0.05, 0) is 63.3 Å². The van der Waals surface area contributed by atoms with Gasteiger partial charge in [-0.2, -0.15) is 18.3 Å². The predicted molar refractivity (Wildman–Crippen MR) is 143 cm³/mol. The zero-order valence-corrected chi connectivity index (χ0v) is 22.9. The maximum atomic E-state index is 13.7. The number of nitrogens with zero attached hydrogens (tertiary/aromatic N) is 4. The smallest absolute Gasteiger partial charge is 0.382 e. The lowest BCUT2D eigenvalue weighted by Crippen LogP contribution is -2.36. The number of likely N-dealkylation sites (tertiary alicyclic amines) is 1. The minimum atomic E-state index is -4.42. The minimum absolute atomic E-state index is 0.0704. The first-order chi connectivity index (χ1) is 17.4. The third-order valence-corrected chi connectivity index (χ3v) is 8.47. The molecular weight excluding hydrogens is 499 g/mol. The number of hydrogen-bond donors (Lipinski definition) is 1. The first-order valence-electron chi connectivity index (χ1n) is 12.7. The topological polar surface area (TPSA) is 64.3 Å². The Hall–Kier alpha value is -2.63. The van der Waals surface area contributed by atoms with E-state index < -0.39 is 20.8 Å². The molecule has 0 saturated carbocycles. The van der Waals surface area contributed by atoms with Crippen molar-refractivity contribution >= 4 is 31.0 Å². The van der Waals surface area contributed by atoms with E-state index in [1.807, 2.05) is 6.07 Å². The number of anilines is 1. The number of halogens is 3. The maximum Gasteiger partial charge on any atom is 0.406 e. The second-order valence-corrected chi connectivity index (χ2v) is 16.7. The Morgan fingerprint density at radius 3 is 2.57 bits per heavy atom. The monoisotopic (exact) mass is 535 g/mol. The molecule has 1 aliphatic rings. The van der Waals surface area contributed by atoms with E-state index >= 15 is 0 Å². The number of ether oxygens (including phenoxy) is 1. The van der Waals surface area contributed by atoms with Crippen LogP contribution in [0.15, 0.2) is 30.3 Å². The van der Waals surface area contributed by atoms with Crippen molar-refractivity contribution in [2.45, 2.75) is 64.0 Å². The van der Waals surface area contributed by atoms with Crippen molar-refractivity contribution in [1.82, 2.24) is 19.2 Å². The van der Waals surface area contributed by atoms with E-state index in [1.165, 1.54) is 15.3 Å². The lowest BCUT2D eigenvalue weighted by Gasteiger charge is -2.30. The zero-order valence-electron chi connectivity index (χ0n) is 21.9. The van der Waals surface area contributed by atoms with Crippen LogP contribution in [0.5, 0.6) is 0 Å². The summed E-state index contributed by atoms with van der Waals surface area (Å²) < 4.78 is 49.4. The standard InChI is InChI=1S/C26H36F3N5O2Si/c1-32-10-8-19(9-11-32)30-22-6-5-7-24-21(22)15-25(33(24)17-26(27,28)29)23-14-20(16-35)34(31-23)18-36-12-13-37(2,3)4/h5-7,14-16,19,30H,8-13,17-18H2,1-4H3. The molecule has 202 valence electrons. The van der Waals surface area contributed by atoms with Crippen molar-refractivity contribution in [3.05, 3.63) is 36.0 Å². The summed E-state index contributed by atoms with van der Waals surface area (Å²) >= 11 is 0. The quantitative estimate of drug-likeness (QED) is 0.205. The van der Waals surface area contributed by atoms with E-state index in [0.717, 1.165) is 37.7 Å². The van der Waals surface area contributed by atoms with Crippen molar-refractivity contribution in [3.63, 3.8) is 0 Å². The highest BCUT2D eigenvalue weighted by Crippen LogP contribution is 2.35. The Kier molecular flexibility index (Phi) is 8.15. The highest BCUT2D eigenvalue weighted by Gasteiger charge is 2.31. The zero-order chi connectivity index (χ0) is 26.8. The lowest BCUT2D eigenvalue weighted by atomic mass is 10.0. The maximum absolute atomic E-state index is 13.7. The summed E-state index contributed by atoms with van der Waals surface area (Å²) in [4.78, 5) is 14.0. The third kappa shape index (κ3) is 7.02. The molecule has 1 aromatic carbocycles. The normalized spacial score (nSPS) is 16.0. The summed E-state index contributed by atoms with van der Waals surface area (Å²) in [6.07, 6.45) is -1.84. The Bertz CT molecular complexity index is 1220. The van der Waals surface area contributed by atoms with Crippen LogP contribution in [-0.2, 0) is 18.0 Å². The van der Waals surface area contributed by atoms with Gasteiger partial charge in [-0.25, -0.2) is 4.68 Å². The fraction of sp³-hybridized carbons (Fsp3) is 0.538. The van der Waals surface area contributed by atoms with Crippen molar-refractivity contribution in [2.75, 3.05) is 32.1 Å². The van der Waals surface area contributed by atoms with E-state index in [-0.39, 0.29) is 18.5 Å². The van der Waals surface area contributed by atoms with Crippen molar-refractivity contribution in [2.24, 2.45) is 0 Å². The first-order valence-corrected chi connectivity index (χ1v) is 16.4. The van der Waals surface area contributed by atoms with Crippen molar-refractivity contribution in [3.8, 4) is 11.4 Å². The van der Waals surface area contributed by atoms with Crippen LogP contribution in [0, 0.1) is 0 Å². The summed E-state index contributed by atoms with van der Waals surface area (Å²) in [6, 6.07) is 9.87. The number of nitrogens with one attached hydrogen (secondary N) is 1. The molecule has 0 atom stereocenters. The number of benzene rings is 1. The van der Waals surface area contributed by atoms with Crippen LogP contribution in [0.3, 0.4) is 0 Å². The van der Waals surface area contributed by atoms with Gasteiger partial charge in [0.25, 0.3) is 0 Å². The van der Waals surface area contributed by atoms with Gasteiger partial charge in [-0.15, -0.1) is 0 Å². The Labute approximate surface area is 216 Å². The summed E-state index contributed by atoms with van der Waals surface area (Å²) in [7, 11) is 0.806. The van der Waals surface area contributed by atoms with E-state index in [9.17, 15) is 18.0 Å². The summed E-state index contributed by atoms with van der Waals surface area (Å²) in [5.41, 5.74) is 2.16. The molecule has 0 radical (unpaired) electrons. The van der Waals surface area contributed by atoms with Gasteiger partial charge in [-0.1, -0.05) is 25.7 Å². The fourth-order valence-corrected chi connectivity index (χ4v) is 5.39. The molecule has 1 aliphatic heterocycles. The molecule has 1 fully saturated rings. The molecule has 3 heterocycles. The second kappa shape index (κ2) is 11.0. The average Bonchev–Trinajstić information content (AvgIpc) is 3.38. The number of piperidine rings is 1. The van der Waals surface area contributed by atoms with E-state index in [4.69, 9.17) is 4.74 Å². The number of rotatable bonds is 10. The number of aldehydes is 1. The van der Waals surface area contributed by atoms with Crippen LogP contribution >= 0.6 is 0 Å². The molecular formula is C26H36F3N5O2Si. The largest absolute Gasteiger partial charge is 0.406 e. The van der Waals surface area contributed by atoms with Crippen LogP contribution in [0.4, 0.5) is 18.9 Å². The van der Waals surface area contributed by atoms with Gasteiger partial charge in [0.15, 0.2) is 6.29 Å². The van der Waals surface area contributed by atoms with Gasteiger partial charge in [0, 0.05) is 31.8 Å².